The van der Waals surface area contributed by atoms with Crippen molar-refractivity contribution < 1.29 is 14.6 Å². The minimum Gasteiger partial charge on any atom is -0.394 e. The maximum Gasteiger partial charge on any atom is 0.237 e. The minimum atomic E-state index is -0.346. The van der Waals surface area contributed by atoms with Gasteiger partial charge in [-0.3, -0.25) is 4.79 Å². The Morgan fingerprint density at radius 3 is 2.58 bits per heavy atom. The van der Waals surface area contributed by atoms with E-state index >= 15 is 0 Å². The molecule has 3 rings (SSSR count). The van der Waals surface area contributed by atoms with E-state index in [2.05, 4.69) is 11.4 Å². The second-order valence-electron chi connectivity index (χ2n) is 7.78. The molecule has 0 aromatic rings. The fraction of sp³-hybridized carbons (Fsp3) is 0.889. The second kappa shape index (κ2) is 7.38. The van der Waals surface area contributed by atoms with E-state index in [0.717, 1.165) is 64.6 Å². The molecule has 0 aromatic carbocycles. The van der Waals surface area contributed by atoms with E-state index < -0.39 is 0 Å². The molecule has 6 heteroatoms. The molecule has 3 fully saturated rings. The number of carbonyl (C=O) groups excluding carboxylic acids is 1. The number of nitrogens with zero attached hydrogens (tertiary/aromatic N) is 2. The molecule has 1 amide bonds. The molecule has 6 nitrogen and oxygen atoms in total. The van der Waals surface area contributed by atoms with Gasteiger partial charge < -0.3 is 20.1 Å². The smallest absolute Gasteiger partial charge is 0.237 e. The average molecular weight is 335 g/mol. The van der Waals surface area contributed by atoms with Crippen LogP contribution in [0, 0.1) is 16.7 Å². The largest absolute Gasteiger partial charge is 0.394 e. The highest BCUT2D eigenvalue weighted by molar-refractivity contribution is 5.79. The van der Waals surface area contributed by atoms with Crippen molar-refractivity contribution in [3.8, 4) is 6.07 Å². The number of carbonyl (C=O) groups is 1. The predicted molar refractivity (Wildman–Crippen MR) is 89.1 cm³/mol. The molecule has 0 bridgehead atoms. The summed E-state index contributed by atoms with van der Waals surface area (Å²) < 4.78 is 5.49. The van der Waals surface area contributed by atoms with Gasteiger partial charge in [-0.25, -0.2) is 0 Å². The van der Waals surface area contributed by atoms with Crippen LogP contribution in [-0.2, 0) is 9.53 Å². The van der Waals surface area contributed by atoms with Crippen molar-refractivity contribution >= 4 is 5.91 Å². The summed E-state index contributed by atoms with van der Waals surface area (Å²) in [4.78, 5) is 14.1. The fourth-order valence-corrected chi connectivity index (χ4v) is 4.52. The van der Waals surface area contributed by atoms with Crippen molar-refractivity contribution in [1.82, 2.24) is 10.2 Å². The zero-order chi connectivity index (χ0) is 17.0. The van der Waals surface area contributed by atoms with Gasteiger partial charge in [-0.2, -0.15) is 5.26 Å². The van der Waals surface area contributed by atoms with Gasteiger partial charge in [-0.15, -0.1) is 0 Å². The Morgan fingerprint density at radius 2 is 1.96 bits per heavy atom. The summed E-state index contributed by atoms with van der Waals surface area (Å²) in [6.45, 7) is 2.66. The molecule has 0 aromatic heterocycles. The van der Waals surface area contributed by atoms with Crippen molar-refractivity contribution in [2.45, 2.75) is 62.9 Å². The lowest BCUT2D eigenvalue weighted by Crippen LogP contribution is -2.56. The number of aliphatic hydroxyl groups excluding tert-OH is 1. The van der Waals surface area contributed by atoms with Crippen LogP contribution in [0.25, 0.3) is 0 Å². The number of hydrogen-bond acceptors (Lipinski definition) is 5. The van der Waals surface area contributed by atoms with Crippen LogP contribution in [0.15, 0.2) is 0 Å². The highest BCUT2D eigenvalue weighted by atomic mass is 16.5. The maximum absolute atomic E-state index is 12.4. The normalized spacial score (nSPS) is 28.7. The molecule has 3 aliphatic rings. The molecular formula is C18H29N3O3. The highest BCUT2D eigenvalue weighted by Gasteiger charge is 2.43. The number of likely N-dealkylation sites (tertiary alicyclic amines) is 1. The van der Waals surface area contributed by atoms with Gasteiger partial charge in [-0.1, -0.05) is 0 Å². The fourth-order valence-electron chi connectivity index (χ4n) is 4.52. The number of nitriles is 1. The molecule has 1 aliphatic carbocycles. The molecule has 134 valence electrons. The van der Waals surface area contributed by atoms with Crippen LogP contribution in [-0.4, -0.2) is 60.4 Å². The van der Waals surface area contributed by atoms with Crippen LogP contribution in [0.1, 0.15) is 51.4 Å². The van der Waals surface area contributed by atoms with Gasteiger partial charge in [0.1, 0.15) is 6.04 Å². The Morgan fingerprint density at radius 1 is 1.25 bits per heavy atom. The van der Waals surface area contributed by atoms with Crippen molar-refractivity contribution in [3.05, 3.63) is 0 Å². The Labute approximate surface area is 144 Å². The van der Waals surface area contributed by atoms with E-state index in [1.54, 1.807) is 4.90 Å². The first-order valence-corrected chi connectivity index (χ1v) is 9.25. The van der Waals surface area contributed by atoms with Crippen LogP contribution < -0.4 is 5.32 Å². The van der Waals surface area contributed by atoms with Gasteiger partial charge in [0.2, 0.25) is 5.91 Å². The third-order valence-corrected chi connectivity index (χ3v) is 6.46. The zero-order valence-electron chi connectivity index (χ0n) is 14.4. The van der Waals surface area contributed by atoms with Gasteiger partial charge in [0.25, 0.3) is 0 Å². The van der Waals surface area contributed by atoms with E-state index in [1.807, 2.05) is 0 Å². The van der Waals surface area contributed by atoms with E-state index in [1.165, 1.54) is 0 Å². The summed E-state index contributed by atoms with van der Waals surface area (Å²) in [7, 11) is 0. The summed E-state index contributed by atoms with van der Waals surface area (Å²) >= 11 is 0. The first-order valence-electron chi connectivity index (χ1n) is 9.25. The number of amides is 1. The van der Waals surface area contributed by atoms with Gasteiger partial charge in [0.05, 0.1) is 19.2 Å². The Bertz CT molecular complexity index is 486. The molecule has 2 saturated heterocycles. The lowest BCUT2D eigenvalue weighted by atomic mass is 9.64. The first-order chi connectivity index (χ1) is 11.6. The summed E-state index contributed by atoms with van der Waals surface area (Å²) in [5.41, 5.74) is 0.0323. The van der Waals surface area contributed by atoms with Crippen LogP contribution in [0.5, 0.6) is 0 Å². The SMILES string of the molecule is N#C[C@H]1CCCN1C(=O)CNC1(CO)CCC2(CCOCC2)CC1. The van der Waals surface area contributed by atoms with Gasteiger partial charge in [-0.05, 0) is 56.8 Å². The molecular weight excluding hydrogens is 306 g/mol. The van der Waals surface area contributed by atoms with Crippen LogP contribution >= 0.6 is 0 Å². The summed E-state index contributed by atoms with van der Waals surface area (Å²) in [6, 6.07) is 1.93. The maximum atomic E-state index is 12.4. The third-order valence-electron chi connectivity index (χ3n) is 6.46. The molecule has 2 N–H and O–H groups in total. The zero-order valence-corrected chi connectivity index (χ0v) is 14.4. The van der Waals surface area contributed by atoms with Crippen molar-refractivity contribution in [2.75, 3.05) is 32.9 Å². The van der Waals surface area contributed by atoms with Crippen molar-refractivity contribution in [1.29, 1.82) is 5.26 Å². The van der Waals surface area contributed by atoms with E-state index in [9.17, 15) is 9.90 Å². The Kier molecular flexibility index (Phi) is 5.43. The second-order valence-corrected chi connectivity index (χ2v) is 7.78. The molecule has 1 atom stereocenters. The minimum absolute atomic E-state index is 0.0155. The summed E-state index contributed by atoms with van der Waals surface area (Å²) in [5.74, 6) is -0.0155. The number of ether oxygens (including phenoxy) is 1. The number of nitrogens with one attached hydrogen (secondary N) is 1. The van der Waals surface area contributed by atoms with E-state index in [-0.39, 0.29) is 30.6 Å². The van der Waals surface area contributed by atoms with Gasteiger partial charge in [0.15, 0.2) is 0 Å². The monoisotopic (exact) mass is 335 g/mol. The van der Waals surface area contributed by atoms with Crippen LogP contribution in [0.2, 0.25) is 0 Å². The number of aliphatic hydroxyl groups is 1. The van der Waals surface area contributed by atoms with E-state index in [4.69, 9.17) is 10.00 Å². The molecule has 0 radical (unpaired) electrons. The highest BCUT2D eigenvalue weighted by Crippen LogP contribution is 2.47. The molecule has 0 unspecified atom stereocenters. The molecule has 2 heterocycles. The third kappa shape index (κ3) is 3.58. The summed E-state index contributed by atoms with van der Waals surface area (Å²) in [5, 5.41) is 22.4. The van der Waals surface area contributed by atoms with Crippen LogP contribution in [0.3, 0.4) is 0 Å². The molecule has 24 heavy (non-hydrogen) atoms. The Balaban J connectivity index is 1.53. The topological polar surface area (TPSA) is 85.6 Å². The number of hydrogen-bond donors (Lipinski definition) is 2. The van der Waals surface area contributed by atoms with E-state index in [0.29, 0.717) is 12.0 Å². The molecule has 1 saturated carbocycles. The Hall–Kier alpha value is -1.16. The predicted octanol–water partition coefficient (Wildman–Crippen LogP) is 1.19. The van der Waals surface area contributed by atoms with Crippen molar-refractivity contribution in [2.24, 2.45) is 5.41 Å². The molecule has 2 aliphatic heterocycles. The van der Waals surface area contributed by atoms with Crippen molar-refractivity contribution in [3.63, 3.8) is 0 Å². The molecule has 1 spiro atoms. The van der Waals surface area contributed by atoms with Crippen LogP contribution in [0.4, 0.5) is 0 Å². The lowest BCUT2D eigenvalue weighted by Gasteiger charge is -2.48. The standard InChI is InChI=1S/C18H29N3O3/c19-12-15-2-1-9-21(15)16(23)13-20-18(14-22)5-3-17(4-6-18)7-10-24-11-8-17/h15,20,22H,1-11,13-14H2/t15-/m1/s1. The quantitative estimate of drug-likeness (QED) is 0.806. The first kappa shape index (κ1) is 17.7. The van der Waals surface area contributed by atoms with Gasteiger partial charge >= 0.3 is 0 Å². The average Bonchev–Trinajstić information content (AvgIpc) is 3.11. The number of rotatable bonds is 4. The summed E-state index contributed by atoms with van der Waals surface area (Å²) in [6.07, 6.45) is 7.88. The lowest BCUT2D eigenvalue weighted by molar-refractivity contribution is -0.131. The van der Waals surface area contributed by atoms with Gasteiger partial charge in [0, 0.05) is 25.3 Å².